The van der Waals surface area contributed by atoms with Gasteiger partial charge in [-0.3, -0.25) is 9.80 Å². The molecule has 0 unspecified atom stereocenters. The molecule has 1 N–H and O–H groups in total. The number of piperidine rings is 2. The van der Waals surface area contributed by atoms with Gasteiger partial charge in [0, 0.05) is 76.1 Å². The molecule has 2 aromatic carbocycles. The van der Waals surface area contributed by atoms with Crippen LogP contribution in [0.5, 0.6) is 11.5 Å². The predicted molar refractivity (Wildman–Crippen MR) is 196 cm³/mol. The van der Waals surface area contributed by atoms with Gasteiger partial charge in [-0.1, -0.05) is 37.6 Å². The summed E-state index contributed by atoms with van der Waals surface area (Å²) in [4.78, 5) is 21.0. The van der Waals surface area contributed by atoms with Crippen LogP contribution in [-0.2, 0) is 12.0 Å². The number of benzene rings is 2. The summed E-state index contributed by atoms with van der Waals surface area (Å²) in [6.07, 6.45) is 6.91. The number of ether oxygens (including phenoxy) is 2. The molecule has 7 rings (SSSR count). The first kappa shape index (κ1) is 34.3. The van der Waals surface area contributed by atoms with Crippen LogP contribution in [0.15, 0.2) is 48.7 Å². The van der Waals surface area contributed by atoms with Gasteiger partial charge in [0.15, 0.2) is 0 Å². The van der Waals surface area contributed by atoms with Crippen molar-refractivity contribution in [2.24, 2.45) is 5.41 Å². The van der Waals surface area contributed by atoms with Crippen molar-refractivity contribution >= 4 is 34.8 Å². The van der Waals surface area contributed by atoms with E-state index >= 15 is 0 Å². The number of hydrogen-bond acceptors (Lipinski definition) is 8. The van der Waals surface area contributed by atoms with E-state index in [4.69, 9.17) is 44.2 Å². The minimum atomic E-state index is -0.399. The SMILES string of the molecule is [C-]#[N+]c1cc(C(C)(C)c2ccc(OCc3ccnc(N4CCC5(CC4)CN(C4CCN(C6CNC6)CC4)C5)n3)cc2)cc(Cl)c1OCCCl. The molecule has 1 spiro atoms. The highest BCUT2D eigenvalue weighted by atomic mass is 35.5. The Morgan fingerprint density at radius 3 is 2.35 bits per heavy atom. The molecule has 4 fully saturated rings. The van der Waals surface area contributed by atoms with Crippen molar-refractivity contribution in [2.45, 2.75) is 63.6 Å². The fourth-order valence-corrected chi connectivity index (χ4v) is 8.28. The van der Waals surface area contributed by atoms with Crippen molar-refractivity contribution < 1.29 is 9.47 Å². The average Bonchev–Trinajstić information content (AvgIpc) is 3.09. The van der Waals surface area contributed by atoms with Crippen LogP contribution >= 0.6 is 23.2 Å². The highest BCUT2D eigenvalue weighted by Crippen LogP contribution is 2.44. The molecule has 49 heavy (non-hydrogen) atoms. The number of alkyl halides is 1. The molecule has 5 heterocycles. The Labute approximate surface area is 300 Å². The Bertz CT molecular complexity index is 1630. The van der Waals surface area contributed by atoms with Crippen LogP contribution in [0, 0.1) is 12.0 Å². The van der Waals surface area contributed by atoms with E-state index in [1.54, 1.807) is 0 Å². The summed E-state index contributed by atoms with van der Waals surface area (Å²) in [7, 11) is 0. The summed E-state index contributed by atoms with van der Waals surface area (Å²) < 4.78 is 11.8. The molecular weight excluding hydrogens is 657 g/mol. The molecule has 4 aliphatic heterocycles. The van der Waals surface area contributed by atoms with Gasteiger partial charge in [0.05, 0.1) is 29.8 Å². The second kappa shape index (κ2) is 14.6. The van der Waals surface area contributed by atoms with Crippen LogP contribution in [0.25, 0.3) is 4.85 Å². The van der Waals surface area contributed by atoms with Gasteiger partial charge in [-0.2, -0.15) is 0 Å². The lowest BCUT2D eigenvalue weighted by atomic mass is 9.71. The van der Waals surface area contributed by atoms with Gasteiger partial charge in [0.25, 0.3) is 0 Å². The maximum absolute atomic E-state index is 7.65. The molecule has 11 heteroatoms. The summed E-state index contributed by atoms with van der Waals surface area (Å²) >= 11 is 12.3. The van der Waals surface area contributed by atoms with Crippen molar-refractivity contribution in [1.82, 2.24) is 25.1 Å². The molecule has 0 bridgehead atoms. The van der Waals surface area contributed by atoms with Crippen LogP contribution in [0.1, 0.15) is 56.4 Å². The van der Waals surface area contributed by atoms with Crippen LogP contribution in [0.3, 0.4) is 0 Å². The normalized spacial score (nSPS) is 20.4. The number of rotatable bonds is 11. The van der Waals surface area contributed by atoms with Gasteiger partial charge >= 0.3 is 0 Å². The standard InChI is InChI=1S/C38H47Cl2N7O2/c1-37(2,28-20-33(40)35(48-19-13-39)34(21-28)41-3)27-4-6-32(7-5-27)49-24-29-8-14-43-36(44-29)46-17-11-38(12-18-46)25-47(26-38)30-9-15-45(16-10-30)31-22-42-23-31/h4-8,14,20-21,30-31,42H,9-13,15-19,22-26H2,1-2H3. The van der Waals surface area contributed by atoms with E-state index < -0.39 is 5.41 Å². The predicted octanol–water partition coefficient (Wildman–Crippen LogP) is 6.54. The molecule has 0 radical (unpaired) electrons. The van der Waals surface area contributed by atoms with E-state index in [-0.39, 0.29) is 0 Å². The van der Waals surface area contributed by atoms with E-state index in [2.05, 4.69) is 55.8 Å². The molecule has 1 aromatic heterocycles. The number of aromatic nitrogens is 2. The van der Waals surface area contributed by atoms with Gasteiger partial charge < -0.3 is 19.7 Å². The highest BCUT2D eigenvalue weighted by molar-refractivity contribution is 6.32. The van der Waals surface area contributed by atoms with Crippen molar-refractivity contribution in [1.29, 1.82) is 0 Å². The summed E-state index contributed by atoms with van der Waals surface area (Å²) in [6, 6.07) is 15.3. The third-order valence-corrected chi connectivity index (χ3v) is 11.8. The lowest BCUT2D eigenvalue weighted by molar-refractivity contribution is -0.0652. The summed E-state index contributed by atoms with van der Waals surface area (Å²) in [6.45, 7) is 21.9. The molecule has 0 atom stereocenters. The minimum absolute atomic E-state index is 0.292. The van der Waals surface area contributed by atoms with Crippen molar-refractivity contribution in [3.05, 3.63) is 81.9 Å². The van der Waals surface area contributed by atoms with Crippen LogP contribution < -0.4 is 19.7 Å². The van der Waals surface area contributed by atoms with E-state index in [1.807, 2.05) is 36.5 Å². The number of nitrogens with zero attached hydrogens (tertiary/aromatic N) is 6. The smallest absolute Gasteiger partial charge is 0.229 e. The largest absolute Gasteiger partial charge is 0.502 e. The lowest BCUT2D eigenvalue weighted by Crippen LogP contribution is -2.65. The summed E-state index contributed by atoms with van der Waals surface area (Å²) in [5.41, 5.74) is 3.33. The first-order valence-electron chi connectivity index (χ1n) is 17.7. The molecule has 3 aromatic rings. The van der Waals surface area contributed by atoms with Crippen molar-refractivity contribution in [3.8, 4) is 11.5 Å². The maximum atomic E-state index is 7.65. The minimum Gasteiger partial charge on any atom is -0.502 e. The Morgan fingerprint density at radius 2 is 1.69 bits per heavy atom. The fourth-order valence-electron chi connectivity index (χ4n) is 7.93. The summed E-state index contributed by atoms with van der Waals surface area (Å²) in [5, 5.41) is 3.83. The van der Waals surface area contributed by atoms with E-state index in [9.17, 15) is 0 Å². The van der Waals surface area contributed by atoms with Crippen molar-refractivity contribution in [2.75, 3.05) is 69.7 Å². The molecule has 0 aliphatic carbocycles. The molecule has 9 nitrogen and oxygen atoms in total. The Hall–Kier alpha value is -3.13. The second-order valence-electron chi connectivity index (χ2n) is 14.7. The van der Waals surface area contributed by atoms with Gasteiger partial charge in [-0.25, -0.2) is 14.8 Å². The lowest BCUT2D eigenvalue weighted by Gasteiger charge is -2.57. The number of nitrogens with one attached hydrogen (secondary N) is 1. The first-order chi connectivity index (χ1) is 23.8. The molecule has 4 aliphatic rings. The van der Waals surface area contributed by atoms with E-state index in [0.717, 1.165) is 53.7 Å². The molecular formula is C38H47Cl2N7O2. The topological polar surface area (TPSA) is 70.4 Å². The zero-order valence-electron chi connectivity index (χ0n) is 28.6. The van der Waals surface area contributed by atoms with Gasteiger partial charge in [0.2, 0.25) is 11.6 Å². The van der Waals surface area contributed by atoms with Gasteiger partial charge in [-0.15, -0.1) is 11.6 Å². The number of anilines is 1. The number of hydrogen-bond donors (Lipinski definition) is 1. The van der Waals surface area contributed by atoms with Crippen molar-refractivity contribution in [3.63, 3.8) is 0 Å². The first-order valence-corrected chi connectivity index (χ1v) is 18.6. The van der Waals surface area contributed by atoms with E-state index in [1.165, 1.54) is 65.0 Å². The second-order valence-corrected chi connectivity index (χ2v) is 15.5. The molecule has 4 saturated heterocycles. The van der Waals surface area contributed by atoms with Crippen LogP contribution in [0.4, 0.5) is 11.6 Å². The summed E-state index contributed by atoms with van der Waals surface area (Å²) in [5.74, 6) is 2.28. The number of halogens is 2. The highest BCUT2D eigenvalue weighted by Gasteiger charge is 2.47. The van der Waals surface area contributed by atoms with E-state index in [0.29, 0.717) is 41.0 Å². The fraction of sp³-hybridized carbons (Fsp3) is 0.553. The third-order valence-electron chi connectivity index (χ3n) is 11.3. The van der Waals surface area contributed by atoms with Crippen LogP contribution in [0.2, 0.25) is 5.02 Å². The Morgan fingerprint density at radius 1 is 0.959 bits per heavy atom. The quantitative estimate of drug-likeness (QED) is 0.178. The maximum Gasteiger partial charge on any atom is 0.229 e. The average molecular weight is 705 g/mol. The monoisotopic (exact) mass is 703 g/mol. The van der Waals surface area contributed by atoms with Gasteiger partial charge in [-0.05, 0) is 72.6 Å². The molecule has 0 saturated carbocycles. The molecule has 260 valence electrons. The number of likely N-dealkylation sites (tertiary alicyclic amines) is 2. The zero-order valence-corrected chi connectivity index (χ0v) is 30.1. The van der Waals surface area contributed by atoms with Gasteiger partial charge in [0.1, 0.15) is 18.1 Å². The molecule has 0 amide bonds. The zero-order chi connectivity index (χ0) is 34.0. The Kier molecular flexibility index (Phi) is 10.2. The third kappa shape index (κ3) is 7.36. The Balaban J connectivity index is 0.899. The van der Waals surface area contributed by atoms with Crippen LogP contribution in [-0.4, -0.2) is 96.7 Å².